The molecule has 148 valence electrons. The zero-order valence-electron chi connectivity index (χ0n) is 16.5. The zero-order valence-corrected chi connectivity index (χ0v) is 17.3. The second-order valence-corrected chi connectivity index (χ2v) is 8.46. The van der Waals surface area contributed by atoms with E-state index < -0.39 is 0 Å². The molecule has 8 heteroatoms. The second-order valence-electron chi connectivity index (χ2n) is 7.26. The SMILES string of the molecule is CCc1c(C)sc2ncn(C3CCCN(C(=O)c4cnn(CC)c4)C3)c(=O)c12. The molecular weight excluding hydrogens is 374 g/mol. The lowest BCUT2D eigenvalue weighted by Gasteiger charge is -2.33. The summed E-state index contributed by atoms with van der Waals surface area (Å²) in [5, 5.41) is 4.95. The van der Waals surface area contributed by atoms with Gasteiger partial charge in [-0.2, -0.15) is 5.10 Å². The Morgan fingerprint density at radius 3 is 2.89 bits per heavy atom. The van der Waals surface area contributed by atoms with Gasteiger partial charge in [0.1, 0.15) is 4.83 Å². The molecule has 1 amide bonds. The first-order chi connectivity index (χ1) is 13.5. The Bertz CT molecular complexity index is 1080. The highest BCUT2D eigenvalue weighted by molar-refractivity contribution is 7.18. The van der Waals surface area contributed by atoms with Gasteiger partial charge in [-0.05, 0) is 38.7 Å². The number of aromatic nitrogens is 4. The summed E-state index contributed by atoms with van der Waals surface area (Å²) >= 11 is 1.58. The maximum absolute atomic E-state index is 13.2. The summed E-state index contributed by atoms with van der Waals surface area (Å²) in [4.78, 5) is 34.5. The van der Waals surface area contributed by atoms with Gasteiger partial charge in [0, 0.05) is 30.7 Å². The highest BCUT2D eigenvalue weighted by Crippen LogP contribution is 2.28. The molecule has 0 aromatic carbocycles. The number of piperidine rings is 1. The third kappa shape index (κ3) is 3.15. The maximum atomic E-state index is 13.2. The summed E-state index contributed by atoms with van der Waals surface area (Å²) in [6.45, 7) is 8.07. The Kier molecular flexibility index (Phi) is 5.05. The van der Waals surface area contributed by atoms with Gasteiger partial charge < -0.3 is 4.90 Å². The van der Waals surface area contributed by atoms with Gasteiger partial charge in [-0.3, -0.25) is 18.8 Å². The molecule has 4 heterocycles. The van der Waals surface area contributed by atoms with Crippen molar-refractivity contribution in [2.45, 2.75) is 52.6 Å². The molecule has 1 atom stereocenters. The van der Waals surface area contributed by atoms with Crippen molar-refractivity contribution in [3.05, 3.63) is 45.1 Å². The number of fused-ring (bicyclic) bond motifs is 1. The fraction of sp³-hybridized carbons (Fsp3) is 0.500. The highest BCUT2D eigenvalue weighted by atomic mass is 32.1. The molecule has 28 heavy (non-hydrogen) atoms. The van der Waals surface area contributed by atoms with Gasteiger partial charge in [0.15, 0.2) is 0 Å². The minimum atomic E-state index is -0.0479. The fourth-order valence-corrected chi connectivity index (χ4v) is 5.12. The van der Waals surface area contributed by atoms with E-state index >= 15 is 0 Å². The first-order valence-electron chi connectivity index (χ1n) is 9.84. The Labute approximate surface area is 167 Å². The summed E-state index contributed by atoms with van der Waals surface area (Å²) in [6.07, 6.45) is 7.63. The number of hydrogen-bond donors (Lipinski definition) is 0. The molecule has 1 fully saturated rings. The van der Waals surface area contributed by atoms with Crippen LogP contribution in [0.25, 0.3) is 10.2 Å². The maximum Gasteiger partial charge on any atom is 0.262 e. The highest BCUT2D eigenvalue weighted by Gasteiger charge is 2.28. The Morgan fingerprint density at radius 1 is 1.36 bits per heavy atom. The molecule has 1 aliphatic heterocycles. The average molecular weight is 400 g/mol. The van der Waals surface area contributed by atoms with Crippen molar-refractivity contribution in [1.82, 2.24) is 24.2 Å². The van der Waals surface area contributed by atoms with Crippen LogP contribution in [0.15, 0.2) is 23.5 Å². The van der Waals surface area contributed by atoms with Crippen molar-refractivity contribution in [2.75, 3.05) is 13.1 Å². The molecular formula is C20H25N5O2S. The summed E-state index contributed by atoms with van der Waals surface area (Å²) in [5.74, 6) is -0.0212. The number of amides is 1. The number of likely N-dealkylation sites (tertiary alicyclic amines) is 1. The largest absolute Gasteiger partial charge is 0.336 e. The van der Waals surface area contributed by atoms with Gasteiger partial charge in [-0.1, -0.05) is 6.92 Å². The molecule has 0 aliphatic carbocycles. The molecule has 3 aromatic heterocycles. The number of thiophene rings is 1. The van der Waals surface area contributed by atoms with Crippen molar-refractivity contribution in [2.24, 2.45) is 0 Å². The van der Waals surface area contributed by atoms with Crippen LogP contribution in [0.5, 0.6) is 0 Å². The van der Waals surface area contributed by atoms with Crippen molar-refractivity contribution >= 4 is 27.5 Å². The number of nitrogens with zero attached hydrogens (tertiary/aromatic N) is 5. The van der Waals surface area contributed by atoms with Gasteiger partial charge in [0.25, 0.3) is 11.5 Å². The second kappa shape index (κ2) is 7.50. The quantitative estimate of drug-likeness (QED) is 0.676. The van der Waals surface area contributed by atoms with Crippen LogP contribution < -0.4 is 5.56 Å². The van der Waals surface area contributed by atoms with Gasteiger partial charge in [0.2, 0.25) is 0 Å². The van der Waals surface area contributed by atoms with Gasteiger partial charge in [-0.15, -0.1) is 11.3 Å². The van der Waals surface area contributed by atoms with E-state index in [1.165, 1.54) is 0 Å². The van der Waals surface area contributed by atoms with E-state index in [4.69, 9.17) is 0 Å². The van der Waals surface area contributed by atoms with Crippen LogP contribution in [0.1, 0.15) is 53.5 Å². The van der Waals surface area contributed by atoms with Gasteiger partial charge >= 0.3 is 0 Å². The van der Waals surface area contributed by atoms with Crippen molar-refractivity contribution < 1.29 is 4.79 Å². The predicted molar refractivity (Wildman–Crippen MR) is 110 cm³/mol. The molecule has 7 nitrogen and oxygen atoms in total. The number of hydrogen-bond acceptors (Lipinski definition) is 5. The Morgan fingerprint density at radius 2 is 2.18 bits per heavy atom. The van der Waals surface area contributed by atoms with Crippen LogP contribution in [-0.2, 0) is 13.0 Å². The first kappa shape index (κ1) is 18.9. The summed E-state index contributed by atoms with van der Waals surface area (Å²) in [5.41, 5.74) is 1.72. The number of carbonyl (C=O) groups is 1. The summed E-state index contributed by atoms with van der Waals surface area (Å²) in [6, 6.07) is -0.0479. The zero-order chi connectivity index (χ0) is 19.8. The van der Waals surface area contributed by atoms with Crippen LogP contribution >= 0.6 is 11.3 Å². The predicted octanol–water partition coefficient (Wildman–Crippen LogP) is 3.02. The number of aryl methyl sites for hydroxylation is 3. The third-order valence-electron chi connectivity index (χ3n) is 5.57. The van der Waals surface area contributed by atoms with E-state index in [0.29, 0.717) is 18.7 Å². The molecule has 0 N–H and O–H groups in total. The van der Waals surface area contributed by atoms with Crippen LogP contribution in [0.2, 0.25) is 0 Å². The van der Waals surface area contributed by atoms with Crippen LogP contribution in [-0.4, -0.2) is 43.2 Å². The molecule has 1 unspecified atom stereocenters. The van der Waals surface area contributed by atoms with E-state index in [-0.39, 0.29) is 17.5 Å². The lowest BCUT2D eigenvalue weighted by Crippen LogP contribution is -2.42. The first-order valence-corrected chi connectivity index (χ1v) is 10.7. The van der Waals surface area contributed by atoms with Crippen LogP contribution in [0, 0.1) is 6.92 Å². The fourth-order valence-electron chi connectivity index (χ4n) is 4.05. The average Bonchev–Trinajstić information content (AvgIpc) is 3.31. The smallest absolute Gasteiger partial charge is 0.262 e. The normalized spacial score (nSPS) is 17.4. The minimum Gasteiger partial charge on any atom is -0.336 e. The van der Waals surface area contributed by atoms with E-state index in [9.17, 15) is 9.59 Å². The number of carbonyl (C=O) groups excluding carboxylic acids is 1. The lowest BCUT2D eigenvalue weighted by molar-refractivity contribution is 0.0677. The topological polar surface area (TPSA) is 73.0 Å². The van der Waals surface area contributed by atoms with Gasteiger partial charge in [0.05, 0.1) is 29.5 Å². The Balaban J connectivity index is 1.63. The minimum absolute atomic E-state index is 0.0179. The molecule has 1 saturated heterocycles. The monoisotopic (exact) mass is 399 g/mol. The summed E-state index contributed by atoms with van der Waals surface area (Å²) in [7, 11) is 0. The van der Waals surface area contributed by atoms with Crippen molar-refractivity contribution in [3.8, 4) is 0 Å². The number of rotatable bonds is 4. The van der Waals surface area contributed by atoms with Crippen LogP contribution in [0.3, 0.4) is 0 Å². The van der Waals surface area contributed by atoms with Crippen LogP contribution in [0.4, 0.5) is 0 Å². The molecule has 0 radical (unpaired) electrons. The molecule has 0 saturated carbocycles. The molecule has 0 bridgehead atoms. The standard InChI is InChI=1S/C20H25N5O2S/c1-4-16-13(3)28-18-17(16)20(27)25(12-21-18)15-7-6-8-23(11-15)19(26)14-9-22-24(5-2)10-14/h9-10,12,15H,4-8,11H2,1-3H3. The summed E-state index contributed by atoms with van der Waals surface area (Å²) < 4.78 is 3.49. The Hall–Kier alpha value is -2.48. The lowest BCUT2D eigenvalue weighted by atomic mass is 10.0. The molecule has 3 aromatic rings. The van der Waals surface area contributed by atoms with Crippen molar-refractivity contribution in [3.63, 3.8) is 0 Å². The molecule has 1 aliphatic rings. The molecule has 4 rings (SSSR count). The van der Waals surface area contributed by atoms with Crippen molar-refractivity contribution in [1.29, 1.82) is 0 Å². The third-order valence-corrected chi connectivity index (χ3v) is 6.63. The van der Waals surface area contributed by atoms with E-state index in [2.05, 4.69) is 17.0 Å². The van der Waals surface area contributed by atoms with E-state index in [0.717, 1.165) is 46.5 Å². The molecule has 0 spiro atoms. The van der Waals surface area contributed by atoms with E-state index in [1.54, 1.807) is 39.3 Å². The van der Waals surface area contributed by atoms with E-state index in [1.807, 2.05) is 18.7 Å². The van der Waals surface area contributed by atoms with Gasteiger partial charge in [-0.25, -0.2) is 4.98 Å².